The molecule has 2 N–H and O–H groups in total. The van der Waals surface area contributed by atoms with E-state index in [1.54, 1.807) is 0 Å². The summed E-state index contributed by atoms with van der Waals surface area (Å²) in [4.78, 5) is 0.356. The molecule has 0 amide bonds. The maximum atomic E-state index is 12.1. The number of hydrogen-bond acceptors (Lipinski definition) is 3. The Labute approximate surface area is 111 Å². The molecular weight excluding hydrogens is 256 g/mol. The number of thiocarbonyl (C=S) groups is 1. The SMILES string of the molecule is CCN(CCC(N)=S)S(=O)(=O)CCC(C)(C)C. The molecule has 0 aliphatic heterocycles. The Morgan fingerprint density at radius 1 is 1.35 bits per heavy atom. The molecule has 0 rings (SSSR count). The van der Waals surface area contributed by atoms with Gasteiger partial charge in [0.25, 0.3) is 0 Å². The summed E-state index contributed by atoms with van der Waals surface area (Å²) in [7, 11) is -3.18. The number of sulfonamides is 1. The molecule has 0 saturated heterocycles. The Hall–Kier alpha value is -0.200. The Kier molecular flexibility index (Phi) is 6.58. The summed E-state index contributed by atoms with van der Waals surface area (Å²) in [6.07, 6.45) is 1.09. The Morgan fingerprint density at radius 2 is 1.88 bits per heavy atom. The molecule has 0 fully saturated rings. The predicted molar refractivity (Wildman–Crippen MR) is 76.5 cm³/mol. The van der Waals surface area contributed by atoms with Crippen LogP contribution >= 0.6 is 12.2 Å². The van der Waals surface area contributed by atoms with Crippen LogP contribution < -0.4 is 5.73 Å². The first-order valence-electron chi connectivity index (χ1n) is 5.84. The van der Waals surface area contributed by atoms with Crippen LogP contribution in [0.4, 0.5) is 0 Å². The van der Waals surface area contributed by atoms with Crippen LogP contribution in [-0.4, -0.2) is 36.6 Å². The minimum atomic E-state index is -3.18. The molecule has 0 aliphatic rings. The van der Waals surface area contributed by atoms with E-state index in [1.807, 2.05) is 27.7 Å². The van der Waals surface area contributed by atoms with Gasteiger partial charge < -0.3 is 5.73 Å². The van der Waals surface area contributed by atoms with Gasteiger partial charge in [-0.05, 0) is 11.8 Å². The van der Waals surface area contributed by atoms with Crippen LogP contribution in [0, 0.1) is 5.41 Å². The summed E-state index contributed by atoms with van der Waals surface area (Å²) in [6.45, 7) is 8.79. The summed E-state index contributed by atoms with van der Waals surface area (Å²) in [5.41, 5.74) is 5.42. The van der Waals surface area contributed by atoms with Crippen molar-refractivity contribution in [2.24, 2.45) is 11.1 Å². The van der Waals surface area contributed by atoms with Gasteiger partial charge in [-0.15, -0.1) is 0 Å². The highest BCUT2D eigenvalue weighted by molar-refractivity contribution is 7.89. The first-order valence-corrected chi connectivity index (χ1v) is 7.86. The zero-order valence-corrected chi connectivity index (χ0v) is 12.8. The van der Waals surface area contributed by atoms with E-state index in [9.17, 15) is 8.42 Å². The molecule has 0 aromatic carbocycles. The molecule has 0 bridgehead atoms. The van der Waals surface area contributed by atoms with Crippen LogP contribution in [0.2, 0.25) is 0 Å². The van der Waals surface area contributed by atoms with Crippen molar-refractivity contribution in [1.82, 2.24) is 4.31 Å². The lowest BCUT2D eigenvalue weighted by Crippen LogP contribution is -2.36. The monoisotopic (exact) mass is 280 g/mol. The summed E-state index contributed by atoms with van der Waals surface area (Å²) in [5, 5.41) is 0. The first-order chi connectivity index (χ1) is 7.58. The van der Waals surface area contributed by atoms with Crippen LogP contribution in [-0.2, 0) is 10.0 Å². The Bertz CT molecular complexity index is 345. The van der Waals surface area contributed by atoms with Crippen LogP contribution in [0.3, 0.4) is 0 Å². The zero-order chi connectivity index (χ0) is 13.7. The minimum absolute atomic E-state index is 0.0235. The van der Waals surface area contributed by atoms with E-state index >= 15 is 0 Å². The smallest absolute Gasteiger partial charge is 0.214 e. The van der Waals surface area contributed by atoms with Crippen molar-refractivity contribution < 1.29 is 8.42 Å². The van der Waals surface area contributed by atoms with Crippen LogP contribution in [0.5, 0.6) is 0 Å². The molecule has 0 aliphatic carbocycles. The molecule has 102 valence electrons. The van der Waals surface area contributed by atoms with Crippen LogP contribution in [0.25, 0.3) is 0 Å². The van der Waals surface area contributed by atoms with Crippen LogP contribution in [0.15, 0.2) is 0 Å². The zero-order valence-electron chi connectivity index (χ0n) is 11.2. The second-order valence-corrected chi connectivity index (χ2v) is 7.95. The molecule has 0 unspecified atom stereocenters. The van der Waals surface area contributed by atoms with Crippen molar-refractivity contribution in [2.45, 2.75) is 40.5 Å². The fourth-order valence-corrected chi connectivity index (χ4v) is 3.28. The summed E-state index contributed by atoms with van der Waals surface area (Å²) in [6, 6.07) is 0. The lowest BCUT2D eigenvalue weighted by atomic mass is 9.94. The molecule has 0 radical (unpaired) electrons. The van der Waals surface area contributed by atoms with Crippen molar-refractivity contribution in [3.63, 3.8) is 0 Å². The van der Waals surface area contributed by atoms with Gasteiger partial charge in [-0.3, -0.25) is 0 Å². The molecule has 6 heteroatoms. The van der Waals surface area contributed by atoms with Crippen molar-refractivity contribution in [2.75, 3.05) is 18.8 Å². The third-order valence-electron chi connectivity index (χ3n) is 2.46. The topological polar surface area (TPSA) is 63.4 Å². The largest absolute Gasteiger partial charge is 0.393 e. The fraction of sp³-hybridized carbons (Fsp3) is 0.909. The van der Waals surface area contributed by atoms with E-state index in [0.29, 0.717) is 30.9 Å². The molecule has 0 heterocycles. The molecular formula is C11H24N2O2S2. The highest BCUT2D eigenvalue weighted by Gasteiger charge is 2.23. The minimum Gasteiger partial charge on any atom is -0.393 e. The van der Waals surface area contributed by atoms with Gasteiger partial charge >= 0.3 is 0 Å². The number of hydrogen-bond donors (Lipinski definition) is 1. The normalized spacial score (nSPS) is 13.0. The molecule has 0 saturated carbocycles. The van der Waals surface area contributed by atoms with E-state index in [-0.39, 0.29) is 11.2 Å². The maximum absolute atomic E-state index is 12.1. The molecule has 17 heavy (non-hydrogen) atoms. The van der Waals surface area contributed by atoms with Gasteiger partial charge in [-0.2, -0.15) is 0 Å². The number of nitrogens with two attached hydrogens (primary N) is 1. The summed E-state index contributed by atoms with van der Waals surface area (Å²) in [5.74, 6) is 0.182. The average Bonchev–Trinajstić information content (AvgIpc) is 2.14. The first kappa shape index (κ1) is 16.8. The average molecular weight is 280 g/mol. The maximum Gasteiger partial charge on any atom is 0.214 e. The van der Waals surface area contributed by atoms with E-state index in [4.69, 9.17) is 18.0 Å². The van der Waals surface area contributed by atoms with Gasteiger partial charge in [-0.1, -0.05) is 39.9 Å². The van der Waals surface area contributed by atoms with Crippen molar-refractivity contribution in [3.8, 4) is 0 Å². The van der Waals surface area contributed by atoms with Gasteiger partial charge in [0.2, 0.25) is 10.0 Å². The second kappa shape index (κ2) is 6.66. The van der Waals surface area contributed by atoms with Gasteiger partial charge in [0, 0.05) is 19.5 Å². The van der Waals surface area contributed by atoms with Gasteiger partial charge in [-0.25, -0.2) is 12.7 Å². The van der Waals surface area contributed by atoms with E-state index < -0.39 is 10.0 Å². The van der Waals surface area contributed by atoms with Gasteiger partial charge in [0.1, 0.15) is 0 Å². The van der Waals surface area contributed by atoms with Gasteiger partial charge in [0.05, 0.1) is 10.7 Å². The quantitative estimate of drug-likeness (QED) is 0.722. The van der Waals surface area contributed by atoms with Crippen molar-refractivity contribution >= 4 is 27.2 Å². The van der Waals surface area contributed by atoms with E-state index in [1.165, 1.54) is 4.31 Å². The molecule has 0 atom stereocenters. The lowest BCUT2D eigenvalue weighted by molar-refractivity contribution is 0.384. The molecule has 0 spiro atoms. The van der Waals surface area contributed by atoms with E-state index in [0.717, 1.165) is 0 Å². The second-order valence-electron chi connectivity index (χ2n) is 5.33. The molecule has 0 aromatic heterocycles. The third kappa shape index (κ3) is 7.68. The number of rotatable bonds is 7. The van der Waals surface area contributed by atoms with Crippen molar-refractivity contribution in [1.29, 1.82) is 0 Å². The number of nitrogens with zero attached hydrogens (tertiary/aromatic N) is 1. The molecule has 4 nitrogen and oxygen atoms in total. The standard InChI is InChI=1S/C11H24N2O2S2/c1-5-13(8-6-10(12)16)17(14,15)9-7-11(2,3)4/h5-9H2,1-4H3,(H2,12,16). The Balaban J connectivity index is 4.48. The predicted octanol–water partition coefficient (Wildman–Crippen LogP) is 1.75. The fourth-order valence-electron chi connectivity index (χ4n) is 1.29. The van der Waals surface area contributed by atoms with Crippen LogP contribution in [0.1, 0.15) is 40.5 Å². The lowest BCUT2D eigenvalue weighted by Gasteiger charge is -2.23. The summed E-state index contributed by atoms with van der Waals surface area (Å²) >= 11 is 4.76. The van der Waals surface area contributed by atoms with E-state index in [2.05, 4.69) is 0 Å². The highest BCUT2D eigenvalue weighted by Crippen LogP contribution is 2.20. The summed E-state index contributed by atoms with van der Waals surface area (Å²) < 4.78 is 25.6. The Morgan fingerprint density at radius 3 is 2.24 bits per heavy atom. The molecule has 0 aromatic rings. The van der Waals surface area contributed by atoms with Crippen molar-refractivity contribution in [3.05, 3.63) is 0 Å². The van der Waals surface area contributed by atoms with Gasteiger partial charge in [0.15, 0.2) is 0 Å². The highest BCUT2D eigenvalue weighted by atomic mass is 32.2. The third-order valence-corrected chi connectivity index (χ3v) is 4.62.